The molecule has 2 aliphatic rings. The quantitative estimate of drug-likeness (QED) is 0.508. The van der Waals surface area contributed by atoms with Crippen molar-refractivity contribution in [3.8, 4) is 11.5 Å². The standard InChI is InChI=1S/C20H29N3O6/c1-3-23(15(2)10-16-4-5-17-18(11-16)27-13-26-17)20(25)29-14-28-19(24)12-22-8-6-21-7-9-22/h4-5,11,15,21H,3,6-10,12-14H2,1-2H3. The molecule has 1 saturated heterocycles. The molecular weight excluding hydrogens is 378 g/mol. The maximum Gasteiger partial charge on any atom is 0.412 e. The fraction of sp³-hybridized carbons (Fsp3) is 0.600. The van der Waals surface area contributed by atoms with Crippen LogP contribution in [-0.2, 0) is 20.7 Å². The zero-order chi connectivity index (χ0) is 20.6. The number of benzene rings is 1. The zero-order valence-corrected chi connectivity index (χ0v) is 17.0. The molecule has 3 rings (SSSR count). The van der Waals surface area contributed by atoms with E-state index in [1.54, 1.807) is 4.90 Å². The Bertz CT molecular complexity index is 707. The molecule has 9 nitrogen and oxygen atoms in total. The minimum Gasteiger partial charge on any atom is -0.454 e. The molecule has 0 spiro atoms. The lowest BCUT2D eigenvalue weighted by Gasteiger charge is -2.28. The van der Waals surface area contributed by atoms with Gasteiger partial charge < -0.3 is 29.2 Å². The summed E-state index contributed by atoms with van der Waals surface area (Å²) in [5, 5.41) is 3.22. The van der Waals surface area contributed by atoms with Gasteiger partial charge in [-0.25, -0.2) is 4.79 Å². The van der Waals surface area contributed by atoms with Crippen molar-refractivity contribution in [2.75, 3.05) is 52.9 Å². The fourth-order valence-corrected chi connectivity index (χ4v) is 3.47. The van der Waals surface area contributed by atoms with Gasteiger partial charge in [0.25, 0.3) is 0 Å². The first kappa shape index (κ1) is 21.2. The smallest absolute Gasteiger partial charge is 0.412 e. The number of amides is 1. The molecule has 0 radical (unpaired) electrons. The molecule has 1 aromatic carbocycles. The van der Waals surface area contributed by atoms with E-state index in [4.69, 9.17) is 18.9 Å². The second-order valence-corrected chi connectivity index (χ2v) is 7.10. The SMILES string of the molecule is CCN(C(=O)OCOC(=O)CN1CCNCC1)C(C)Cc1ccc2c(c1)OCO2. The molecule has 0 aliphatic carbocycles. The minimum atomic E-state index is -0.504. The zero-order valence-electron chi connectivity index (χ0n) is 17.0. The topological polar surface area (TPSA) is 89.6 Å². The van der Waals surface area contributed by atoms with Crippen LogP contribution in [0.1, 0.15) is 19.4 Å². The van der Waals surface area contributed by atoms with E-state index in [0.717, 1.165) is 43.2 Å². The lowest BCUT2D eigenvalue weighted by Crippen LogP contribution is -2.46. The second-order valence-electron chi connectivity index (χ2n) is 7.10. The Morgan fingerprint density at radius 1 is 1.21 bits per heavy atom. The van der Waals surface area contributed by atoms with Gasteiger partial charge in [0.05, 0.1) is 6.54 Å². The van der Waals surface area contributed by atoms with Crippen molar-refractivity contribution in [3.05, 3.63) is 23.8 Å². The van der Waals surface area contributed by atoms with Gasteiger partial charge in [-0.1, -0.05) is 6.07 Å². The van der Waals surface area contributed by atoms with Crippen molar-refractivity contribution in [2.24, 2.45) is 0 Å². The molecule has 2 aliphatic heterocycles. The van der Waals surface area contributed by atoms with Crippen LogP contribution in [0.2, 0.25) is 0 Å². The van der Waals surface area contributed by atoms with Crippen LogP contribution >= 0.6 is 0 Å². The third kappa shape index (κ3) is 5.98. The number of piperazine rings is 1. The first-order valence-corrected chi connectivity index (χ1v) is 9.97. The molecule has 29 heavy (non-hydrogen) atoms. The molecule has 1 aromatic rings. The maximum atomic E-state index is 12.4. The Hall–Kier alpha value is -2.52. The highest BCUT2D eigenvalue weighted by Gasteiger charge is 2.22. The van der Waals surface area contributed by atoms with Crippen LogP contribution in [0.4, 0.5) is 4.79 Å². The summed E-state index contributed by atoms with van der Waals surface area (Å²) < 4.78 is 20.9. The van der Waals surface area contributed by atoms with Gasteiger partial charge in [-0.05, 0) is 38.0 Å². The van der Waals surface area contributed by atoms with Crippen LogP contribution in [0.3, 0.4) is 0 Å². The Kier molecular flexibility index (Phi) is 7.54. The van der Waals surface area contributed by atoms with Gasteiger partial charge >= 0.3 is 12.1 Å². The summed E-state index contributed by atoms with van der Waals surface area (Å²) in [7, 11) is 0. The van der Waals surface area contributed by atoms with Gasteiger partial charge in [0, 0.05) is 38.8 Å². The average molecular weight is 407 g/mol. The summed E-state index contributed by atoms with van der Waals surface area (Å²) in [5.41, 5.74) is 1.04. The summed E-state index contributed by atoms with van der Waals surface area (Å²) >= 11 is 0. The number of likely N-dealkylation sites (N-methyl/N-ethyl adjacent to an activating group) is 1. The van der Waals surface area contributed by atoms with E-state index >= 15 is 0 Å². The highest BCUT2D eigenvalue weighted by molar-refractivity contribution is 5.72. The lowest BCUT2D eigenvalue weighted by molar-refractivity contribution is -0.153. The highest BCUT2D eigenvalue weighted by Crippen LogP contribution is 2.33. The van der Waals surface area contributed by atoms with E-state index in [-0.39, 0.29) is 26.2 Å². The van der Waals surface area contributed by atoms with Crippen LogP contribution in [-0.4, -0.2) is 80.8 Å². The van der Waals surface area contributed by atoms with Gasteiger partial charge in [-0.15, -0.1) is 0 Å². The van der Waals surface area contributed by atoms with Crippen LogP contribution in [0, 0.1) is 0 Å². The number of nitrogens with one attached hydrogen (secondary N) is 1. The monoisotopic (exact) mass is 407 g/mol. The van der Waals surface area contributed by atoms with Gasteiger partial charge in [0.15, 0.2) is 11.5 Å². The molecular formula is C20H29N3O6. The fourth-order valence-electron chi connectivity index (χ4n) is 3.47. The van der Waals surface area contributed by atoms with Crippen molar-refractivity contribution in [2.45, 2.75) is 26.3 Å². The number of hydrogen-bond donors (Lipinski definition) is 1. The van der Waals surface area contributed by atoms with Crippen molar-refractivity contribution in [1.82, 2.24) is 15.1 Å². The number of fused-ring (bicyclic) bond motifs is 1. The molecule has 0 bridgehead atoms. The van der Waals surface area contributed by atoms with Crippen molar-refractivity contribution >= 4 is 12.1 Å². The molecule has 1 N–H and O–H groups in total. The molecule has 2 heterocycles. The highest BCUT2D eigenvalue weighted by atomic mass is 16.7. The van der Waals surface area contributed by atoms with Crippen molar-refractivity contribution in [1.29, 1.82) is 0 Å². The molecule has 1 atom stereocenters. The molecule has 1 fully saturated rings. The predicted molar refractivity (Wildman–Crippen MR) is 105 cm³/mol. The number of hydrogen-bond acceptors (Lipinski definition) is 8. The van der Waals surface area contributed by atoms with Gasteiger partial charge in [-0.2, -0.15) is 0 Å². The third-order valence-corrected chi connectivity index (χ3v) is 5.04. The summed E-state index contributed by atoms with van der Waals surface area (Å²) in [6.07, 6.45) is 0.137. The van der Waals surface area contributed by atoms with E-state index in [9.17, 15) is 9.59 Å². The predicted octanol–water partition coefficient (Wildman–Crippen LogP) is 1.21. The second kappa shape index (κ2) is 10.3. The maximum absolute atomic E-state index is 12.4. The summed E-state index contributed by atoms with van der Waals surface area (Å²) in [6.45, 7) is 7.69. The molecule has 1 unspecified atom stereocenters. The Labute approximate surface area is 170 Å². The number of nitrogens with zero attached hydrogens (tertiary/aromatic N) is 2. The van der Waals surface area contributed by atoms with Crippen molar-refractivity contribution in [3.63, 3.8) is 0 Å². The Morgan fingerprint density at radius 2 is 1.97 bits per heavy atom. The first-order valence-electron chi connectivity index (χ1n) is 9.97. The largest absolute Gasteiger partial charge is 0.454 e. The molecule has 0 aromatic heterocycles. The summed E-state index contributed by atoms with van der Waals surface area (Å²) in [6, 6.07) is 5.66. The van der Waals surface area contributed by atoms with E-state index in [1.165, 1.54) is 0 Å². The van der Waals surface area contributed by atoms with Crippen LogP contribution < -0.4 is 14.8 Å². The molecule has 160 valence electrons. The number of carbonyl (C=O) groups is 2. The molecule has 9 heteroatoms. The lowest BCUT2D eigenvalue weighted by atomic mass is 10.1. The van der Waals surface area contributed by atoms with Crippen molar-refractivity contribution < 1.29 is 28.5 Å². The van der Waals surface area contributed by atoms with E-state index in [1.807, 2.05) is 36.9 Å². The van der Waals surface area contributed by atoms with Crippen LogP contribution in [0.25, 0.3) is 0 Å². The van der Waals surface area contributed by atoms with E-state index < -0.39 is 12.1 Å². The molecule has 1 amide bonds. The van der Waals surface area contributed by atoms with Crippen LogP contribution in [0.5, 0.6) is 11.5 Å². The number of rotatable bonds is 8. The normalized spacial score (nSPS) is 16.9. The Balaban J connectivity index is 1.42. The van der Waals surface area contributed by atoms with Gasteiger partial charge in [0.2, 0.25) is 13.6 Å². The van der Waals surface area contributed by atoms with Crippen LogP contribution in [0.15, 0.2) is 18.2 Å². The summed E-state index contributed by atoms with van der Waals surface area (Å²) in [5.74, 6) is 1.06. The summed E-state index contributed by atoms with van der Waals surface area (Å²) in [4.78, 5) is 27.9. The average Bonchev–Trinajstić information content (AvgIpc) is 3.17. The number of esters is 1. The van der Waals surface area contributed by atoms with Gasteiger partial charge in [-0.3, -0.25) is 9.69 Å². The van der Waals surface area contributed by atoms with E-state index in [0.29, 0.717) is 13.0 Å². The van der Waals surface area contributed by atoms with E-state index in [2.05, 4.69) is 5.32 Å². The third-order valence-electron chi connectivity index (χ3n) is 5.04. The van der Waals surface area contributed by atoms with Gasteiger partial charge in [0.1, 0.15) is 0 Å². The molecule has 0 saturated carbocycles. The number of ether oxygens (including phenoxy) is 4. The first-order chi connectivity index (χ1) is 14.1. The minimum absolute atomic E-state index is 0.0931. The number of carbonyl (C=O) groups excluding carboxylic acids is 2. The Morgan fingerprint density at radius 3 is 2.72 bits per heavy atom.